The number of hydrogen-bond acceptors (Lipinski definition) is 2. The smallest absolute Gasteiger partial charge is 0.274 e. The summed E-state index contributed by atoms with van der Waals surface area (Å²) in [7, 11) is 0. The third-order valence-corrected chi connectivity index (χ3v) is 4.88. The first-order valence-corrected chi connectivity index (χ1v) is 8.62. The molecule has 6 heteroatoms. The number of benzene rings is 1. The van der Waals surface area contributed by atoms with E-state index in [1.165, 1.54) is 0 Å². The Bertz CT molecular complexity index is 929. The van der Waals surface area contributed by atoms with Crippen molar-refractivity contribution < 1.29 is 4.79 Å². The maximum Gasteiger partial charge on any atom is 0.274 e. The van der Waals surface area contributed by atoms with Gasteiger partial charge in [-0.05, 0) is 43.2 Å². The van der Waals surface area contributed by atoms with E-state index >= 15 is 0 Å². The maximum atomic E-state index is 12.7. The van der Waals surface area contributed by atoms with Crippen molar-refractivity contribution in [3.05, 3.63) is 58.3 Å². The highest BCUT2D eigenvalue weighted by Gasteiger charge is 2.22. The van der Waals surface area contributed by atoms with E-state index in [1.54, 1.807) is 16.6 Å². The van der Waals surface area contributed by atoms with Crippen molar-refractivity contribution in [2.24, 2.45) is 0 Å². The van der Waals surface area contributed by atoms with Crippen molar-refractivity contribution >= 4 is 34.6 Å². The number of nitrogens with zero attached hydrogens (tertiary/aromatic N) is 3. The quantitative estimate of drug-likeness (QED) is 0.673. The van der Waals surface area contributed by atoms with Crippen molar-refractivity contribution in [3.8, 4) is 11.1 Å². The topological polar surface area (TPSA) is 37.6 Å². The number of hydrogen-bond donors (Lipinski definition) is 0. The molecule has 0 saturated carbocycles. The largest absolute Gasteiger partial charge is 0.337 e. The van der Waals surface area contributed by atoms with Gasteiger partial charge in [0.2, 0.25) is 0 Å². The summed E-state index contributed by atoms with van der Waals surface area (Å²) in [4.78, 5) is 14.6. The zero-order chi connectivity index (χ0) is 16.7. The van der Waals surface area contributed by atoms with Gasteiger partial charge in [-0.3, -0.25) is 4.79 Å². The molecule has 1 saturated heterocycles. The Labute approximate surface area is 149 Å². The van der Waals surface area contributed by atoms with E-state index in [2.05, 4.69) is 5.10 Å². The molecule has 0 N–H and O–H groups in total. The van der Waals surface area contributed by atoms with Crippen LogP contribution in [0, 0.1) is 0 Å². The van der Waals surface area contributed by atoms with E-state index in [0.717, 1.165) is 42.6 Å². The summed E-state index contributed by atoms with van der Waals surface area (Å²) in [6.45, 7) is 1.59. The second kappa shape index (κ2) is 6.11. The predicted octanol–water partition coefficient (Wildman–Crippen LogP) is 4.54. The molecule has 0 bridgehead atoms. The van der Waals surface area contributed by atoms with E-state index in [1.807, 2.05) is 35.4 Å². The van der Waals surface area contributed by atoms with Gasteiger partial charge in [-0.25, -0.2) is 4.52 Å². The summed E-state index contributed by atoms with van der Waals surface area (Å²) in [5.41, 5.74) is 3.04. The molecule has 0 aliphatic carbocycles. The first-order chi connectivity index (χ1) is 11.6. The Kier molecular flexibility index (Phi) is 3.94. The lowest BCUT2D eigenvalue weighted by atomic mass is 10.0. The number of carbonyl (C=O) groups excluding carboxylic acids is 1. The maximum absolute atomic E-state index is 12.7. The molecule has 0 unspecified atom stereocenters. The molecule has 1 amide bonds. The van der Waals surface area contributed by atoms with E-state index < -0.39 is 0 Å². The normalized spacial score (nSPS) is 14.5. The third kappa shape index (κ3) is 2.66. The summed E-state index contributed by atoms with van der Waals surface area (Å²) in [6, 6.07) is 11.1. The average molecular weight is 360 g/mol. The van der Waals surface area contributed by atoms with Gasteiger partial charge >= 0.3 is 0 Å². The molecular formula is C18H15Cl2N3O. The molecular weight excluding hydrogens is 345 g/mol. The molecule has 1 aliphatic heterocycles. The van der Waals surface area contributed by atoms with Crippen LogP contribution in [-0.4, -0.2) is 33.5 Å². The number of amides is 1. The third-order valence-electron chi connectivity index (χ3n) is 4.33. The fraction of sp³-hybridized carbons (Fsp3) is 0.222. The van der Waals surface area contributed by atoms with Gasteiger partial charge in [-0.15, -0.1) is 0 Å². The fourth-order valence-corrected chi connectivity index (χ4v) is 3.65. The highest BCUT2D eigenvalue weighted by Crippen LogP contribution is 2.33. The Balaban J connectivity index is 1.87. The molecule has 24 heavy (non-hydrogen) atoms. The van der Waals surface area contributed by atoms with Gasteiger partial charge in [0.05, 0.1) is 5.52 Å². The predicted molar refractivity (Wildman–Crippen MR) is 95.8 cm³/mol. The van der Waals surface area contributed by atoms with Crippen LogP contribution < -0.4 is 0 Å². The lowest BCUT2D eigenvalue weighted by Crippen LogP contribution is -2.28. The number of fused-ring (bicyclic) bond motifs is 1. The van der Waals surface area contributed by atoms with E-state index in [-0.39, 0.29) is 5.91 Å². The molecule has 1 fully saturated rings. The van der Waals surface area contributed by atoms with Crippen molar-refractivity contribution in [3.63, 3.8) is 0 Å². The minimum absolute atomic E-state index is 0.0329. The molecule has 2 aromatic heterocycles. The zero-order valence-corrected chi connectivity index (χ0v) is 14.4. The second-order valence-electron chi connectivity index (χ2n) is 5.90. The Hall–Kier alpha value is -2.04. The summed E-state index contributed by atoms with van der Waals surface area (Å²) in [5.74, 6) is -0.0329. The molecule has 4 rings (SSSR count). The highest BCUT2D eigenvalue weighted by molar-refractivity contribution is 6.36. The standard InChI is InChI=1S/C18H15Cl2N3O/c19-12-5-6-13(15(20)10-12)14-11-16(18(24)22-7-1-2-8-22)21-23-9-3-4-17(14)23/h3-6,9-11H,1-2,7-8H2. The Morgan fingerprint density at radius 2 is 1.83 bits per heavy atom. The van der Waals surface area contributed by atoms with Gasteiger partial charge in [-0.2, -0.15) is 5.10 Å². The first kappa shape index (κ1) is 15.5. The second-order valence-corrected chi connectivity index (χ2v) is 6.75. The molecule has 1 aliphatic rings. The van der Waals surface area contributed by atoms with Crippen LogP contribution in [0.4, 0.5) is 0 Å². The van der Waals surface area contributed by atoms with Gasteiger partial charge in [0, 0.05) is 40.5 Å². The van der Waals surface area contributed by atoms with Crippen LogP contribution >= 0.6 is 23.2 Å². The summed E-state index contributed by atoms with van der Waals surface area (Å²) in [5, 5.41) is 5.60. The molecule has 3 heterocycles. The van der Waals surface area contributed by atoms with Gasteiger partial charge < -0.3 is 4.90 Å². The van der Waals surface area contributed by atoms with Crippen molar-refractivity contribution in [1.82, 2.24) is 14.5 Å². The number of halogens is 2. The lowest BCUT2D eigenvalue weighted by molar-refractivity contribution is 0.0785. The molecule has 3 aromatic rings. The molecule has 0 radical (unpaired) electrons. The van der Waals surface area contributed by atoms with Gasteiger partial charge in [0.25, 0.3) is 5.91 Å². The van der Waals surface area contributed by atoms with Crippen LogP contribution in [0.2, 0.25) is 10.0 Å². The van der Waals surface area contributed by atoms with Gasteiger partial charge in [0.1, 0.15) is 5.69 Å². The van der Waals surface area contributed by atoms with Crippen LogP contribution in [0.5, 0.6) is 0 Å². The van der Waals surface area contributed by atoms with Crippen molar-refractivity contribution in [2.75, 3.05) is 13.1 Å². The highest BCUT2D eigenvalue weighted by atomic mass is 35.5. The average Bonchev–Trinajstić information content (AvgIpc) is 3.25. The van der Waals surface area contributed by atoms with Crippen LogP contribution in [0.3, 0.4) is 0 Å². The molecule has 0 spiro atoms. The summed E-state index contributed by atoms with van der Waals surface area (Å²) >= 11 is 12.4. The molecule has 122 valence electrons. The fourth-order valence-electron chi connectivity index (χ4n) is 3.14. The Morgan fingerprint density at radius 3 is 2.58 bits per heavy atom. The van der Waals surface area contributed by atoms with Crippen LogP contribution in [0.15, 0.2) is 42.6 Å². The molecule has 1 aromatic carbocycles. The number of likely N-dealkylation sites (tertiary alicyclic amines) is 1. The Morgan fingerprint density at radius 1 is 1.04 bits per heavy atom. The summed E-state index contributed by atoms with van der Waals surface area (Å²) in [6.07, 6.45) is 3.93. The van der Waals surface area contributed by atoms with Crippen LogP contribution in [-0.2, 0) is 0 Å². The number of rotatable bonds is 2. The first-order valence-electron chi connectivity index (χ1n) is 7.86. The minimum atomic E-state index is -0.0329. The minimum Gasteiger partial charge on any atom is -0.337 e. The van der Waals surface area contributed by atoms with E-state index in [0.29, 0.717) is 15.7 Å². The van der Waals surface area contributed by atoms with Gasteiger partial charge in [-0.1, -0.05) is 29.3 Å². The van der Waals surface area contributed by atoms with Crippen molar-refractivity contribution in [1.29, 1.82) is 0 Å². The van der Waals surface area contributed by atoms with Gasteiger partial charge in [0.15, 0.2) is 0 Å². The molecule has 4 nitrogen and oxygen atoms in total. The van der Waals surface area contributed by atoms with Crippen molar-refractivity contribution in [2.45, 2.75) is 12.8 Å². The summed E-state index contributed by atoms with van der Waals surface area (Å²) < 4.78 is 1.73. The zero-order valence-electron chi connectivity index (χ0n) is 12.9. The SMILES string of the molecule is O=C(c1cc(-c2ccc(Cl)cc2Cl)c2cccn2n1)N1CCCC1. The lowest BCUT2D eigenvalue weighted by Gasteiger charge is -2.16. The van der Waals surface area contributed by atoms with E-state index in [9.17, 15) is 4.79 Å². The number of carbonyl (C=O) groups is 1. The number of aromatic nitrogens is 2. The van der Waals surface area contributed by atoms with E-state index in [4.69, 9.17) is 23.2 Å². The monoisotopic (exact) mass is 359 g/mol. The van der Waals surface area contributed by atoms with Crippen LogP contribution in [0.1, 0.15) is 23.3 Å². The molecule has 0 atom stereocenters. The van der Waals surface area contributed by atoms with Crippen LogP contribution in [0.25, 0.3) is 16.6 Å².